The normalized spacial score (nSPS) is 11.5. The van der Waals surface area contributed by atoms with Gasteiger partial charge in [-0.1, -0.05) is 18.2 Å². The largest absolute Gasteiger partial charge is 0.382 e. The van der Waals surface area contributed by atoms with E-state index in [9.17, 15) is 0 Å². The van der Waals surface area contributed by atoms with Crippen LogP contribution in [-0.2, 0) is 11.3 Å². The molecule has 0 aliphatic rings. The van der Waals surface area contributed by atoms with E-state index in [-0.39, 0.29) is 0 Å². The second-order valence-electron chi connectivity index (χ2n) is 4.94. The van der Waals surface area contributed by atoms with Gasteiger partial charge in [-0.05, 0) is 25.0 Å². The van der Waals surface area contributed by atoms with Crippen molar-refractivity contribution in [3.05, 3.63) is 36.2 Å². The molecule has 7 heteroatoms. The zero-order valence-corrected chi connectivity index (χ0v) is 13.7. The van der Waals surface area contributed by atoms with Crippen LogP contribution in [0.5, 0.6) is 0 Å². The van der Waals surface area contributed by atoms with Crippen LogP contribution in [0.3, 0.4) is 0 Å². The van der Waals surface area contributed by atoms with E-state index in [2.05, 4.69) is 42.9 Å². The predicted molar refractivity (Wildman–Crippen MR) is 91.1 cm³/mol. The highest BCUT2D eigenvalue weighted by Gasteiger charge is 2.03. The minimum absolute atomic E-state index is 0.688. The maximum atomic E-state index is 5.31. The van der Waals surface area contributed by atoms with Gasteiger partial charge in [-0.15, -0.1) is 0 Å². The molecule has 0 atom stereocenters. The van der Waals surface area contributed by atoms with Crippen molar-refractivity contribution in [1.82, 2.24) is 25.8 Å². The molecule has 0 amide bonds. The number of hydrogen-bond donors (Lipinski definition) is 3. The third-order valence-corrected chi connectivity index (χ3v) is 3.26. The molecule has 0 saturated carbocycles. The molecule has 1 heterocycles. The van der Waals surface area contributed by atoms with Crippen LogP contribution in [0.1, 0.15) is 18.9 Å². The monoisotopic (exact) mass is 316 g/mol. The molecule has 0 bridgehead atoms. The smallest absolute Gasteiger partial charge is 0.191 e. The SMILES string of the molecule is CCOCCCNC(=NC)NCc1cccc(-c2ncn[nH]2)c1. The van der Waals surface area contributed by atoms with Gasteiger partial charge in [0.2, 0.25) is 0 Å². The molecule has 0 unspecified atom stereocenters. The summed E-state index contributed by atoms with van der Waals surface area (Å²) in [5, 5.41) is 13.3. The minimum Gasteiger partial charge on any atom is -0.382 e. The van der Waals surface area contributed by atoms with E-state index < -0.39 is 0 Å². The number of nitrogens with one attached hydrogen (secondary N) is 3. The average Bonchev–Trinajstić information content (AvgIpc) is 3.12. The van der Waals surface area contributed by atoms with Crippen molar-refractivity contribution >= 4 is 5.96 Å². The first-order chi connectivity index (χ1) is 11.3. The maximum absolute atomic E-state index is 5.31. The summed E-state index contributed by atoms with van der Waals surface area (Å²) in [5.74, 6) is 1.55. The Bertz CT molecular complexity index is 596. The van der Waals surface area contributed by atoms with Crippen LogP contribution in [0.2, 0.25) is 0 Å². The highest BCUT2D eigenvalue weighted by Crippen LogP contribution is 2.15. The third kappa shape index (κ3) is 5.71. The van der Waals surface area contributed by atoms with Gasteiger partial charge in [-0.25, -0.2) is 4.98 Å². The van der Waals surface area contributed by atoms with E-state index in [1.54, 1.807) is 7.05 Å². The Kier molecular flexibility index (Phi) is 7.06. The van der Waals surface area contributed by atoms with Crippen LogP contribution >= 0.6 is 0 Å². The highest BCUT2D eigenvalue weighted by atomic mass is 16.5. The molecule has 7 nitrogen and oxygen atoms in total. The summed E-state index contributed by atoms with van der Waals surface area (Å²) in [6.45, 7) is 5.04. The fraction of sp³-hybridized carbons (Fsp3) is 0.438. The summed E-state index contributed by atoms with van der Waals surface area (Å²) >= 11 is 0. The van der Waals surface area contributed by atoms with Crippen molar-refractivity contribution < 1.29 is 4.74 Å². The number of rotatable bonds is 8. The first-order valence-electron chi connectivity index (χ1n) is 7.80. The lowest BCUT2D eigenvalue weighted by atomic mass is 10.1. The lowest BCUT2D eigenvalue weighted by Gasteiger charge is -2.12. The van der Waals surface area contributed by atoms with Crippen molar-refractivity contribution in [2.45, 2.75) is 19.9 Å². The second kappa shape index (κ2) is 9.58. The second-order valence-corrected chi connectivity index (χ2v) is 4.94. The molecular formula is C16H24N6O. The molecular weight excluding hydrogens is 292 g/mol. The molecule has 0 radical (unpaired) electrons. The van der Waals surface area contributed by atoms with Crippen molar-refractivity contribution in [2.75, 3.05) is 26.8 Å². The lowest BCUT2D eigenvalue weighted by molar-refractivity contribution is 0.145. The van der Waals surface area contributed by atoms with Gasteiger partial charge in [-0.2, -0.15) is 5.10 Å². The highest BCUT2D eigenvalue weighted by molar-refractivity contribution is 5.79. The predicted octanol–water partition coefficient (Wildman–Crippen LogP) is 1.56. The van der Waals surface area contributed by atoms with Crippen molar-refractivity contribution in [1.29, 1.82) is 0 Å². The zero-order chi connectivity index (χ0) is 16.3. The van der Waals surface area contributed by atoms with Gasteiger partial charge >= 0.3 is 0 Å². The summed E-state index contributed by atoms with van der Waals surface area (Å²) < 4.78 is 5.31. The molecule has 2 aromatic rings. The Morgan fingerprint density at radius 3 is 3.00 bits per heavy atom. The Morgan fingerprint density at radius 2 is 2.26 bits per heavy atom. The van der Waals surface area contributed by atoms with Gasteiger partial charge < -0.3 is 15.4 Å². The van der Waals surface area contributed by atoms with Crippen LogP contribution in [0, 0.1) is 0 Å². The van der Waals surface area contributed by atoms with Crippen LogP contribution in [0.15, 0.2) is 35.6 Å². The van der Waals surface area contributed by atoms with Gasteiger partial charge in [-0.3, -0.25) is 10.1 Å². The molecule has 0 saturated heterocycles. The molecule has 0 aliphatic carbocycles. The molecule has 3 N–H and O–H groups in total. The Labute approximate surface area is 136 Å². The van der Waals surface area contributed by atoms with Gasteiger partial charge in [0.25, 0.3) is 0 Å². The minimum atomic E-state index is 0.688. The topological polar surface area (TPSA) is 87.2 Å². The van der Waals surface area contributed by atoms with Gasteiger partial charge in [0.1, 0.15) is 6.33 Å². The number of aromatic amines is 1. The van der Waals surface area contributed by atoms with Crippen molar-refractivity contribution in [3.8, 4) is 11.4 Å². The van der Waals surface area contributed by atoms with E-state index in [4.69, 9.17) is 4.74 Å². The first-order valence-corrected chi connectivity index (χ1v) is 7.80. The van der Waals surface area contributed by atoms with Crippen molar-refractivity contribution in [2.24, 2.45) is 4.99 Å². The van der Waals surface area contributed by atoms with E-state index in [1.165, 1.54) is 6.33 Å². The Hall–Kier alpha value is -2.41. The van der Waals surface area contributed by atoms with Gasteiger partial charge in [0.15, 0.2) is 11.8 Å². The molecule has 23 heavy (non-hydrogen) atoms. The standard InChI is InChI=1S/C16H24N6O/c1-3-23-9-5-8-18-16(17-2)19-11-13-6-4-7-14(10-13)15-20-12-21-22-15/h4,6-7,10,12H,3,5,8-9,11H2,1-2H3,(H2,17,18,19)(H,20,21,22). The lowest BCUT2D eigenvalue weighted by Crippen LogP contribution is -2.37. The van der Waals surface area contributed by atoms with Crippen LogP contribution < -0.4 is 10.6 Å². The number of hydrogen-bond acceptors (Lipinski definition) is 4. The number of aromatic nitrogens is 3. The van der Waals surface area contributed by atoms with E-state index in [0.717, 1.165) is 49.1 Å². The fourth-order valence-corrected chi connectivity index (χ4v) is 2.10. The Balaban J connectivity index is 1.81. The quantitative estimate of drug-likeness (QED) is 0.391. The van der Waals surface area contributed by atoms with E-state index in [1.807, 2.05) is 19.1 Å². The molecule has 0 fully saturated rings. The van der Waals surface area contributed by atoms with Gasteiger partial charge in [0.05, 0.1) is 0 Å². The number of guanidine groups is 1. The summed E-state index contributed by atoms with van der Waals surface area (Å²) in [5.41, 5.74) is 2.16. The summed E-state index contributed by atoms with van der Waals surface area (Å²) in [6.07, 6.45) is 2.46. The van der Waals surface area contributed by atoms with Crippen LogP contribution in [0.4, 0.5) is 0 Å². The number of benzene rings is 1. The van der Waals surface area contributed by atoms with E-state index >= 15 is 0 Å². The van der Waals surface area contributed by atoms with E-state index in [0.29, 0.717) is 6.54 Å². The number of H-pyrrole nitrogens is 1. The molecule has 1 aromatic heterocycles. The maximum Gasteiger partial charge on any atom is 0.191 e. The first kappa shape index (κ1) is 17.0. The van der Waals surface area contributed by atoms with Crippen LogP contribution in [-0.4, -0.2) is 47.9 Å². The number of nitrogens with zero attached hydrogens (tertiary/aromatic N) is 3. The third-order valence-electron chi connectivity index (χ3n) is 3.26. The molecule has 124 valence electrons. The molecule has 0 spiro atoms. The molecule has 2 rings (SSSR count). The Morgan fingerprint density at radius 1 is 1.35 bits per heavy atom. The van der Waals surface area contributed by atoms with Gasteiger partial charge in [0, 0.05) is 38.9 Å². The number of ether oxygens (including phenoxy) is 1. The zero-order valence-electron chi connectivity index (χ0n) is 13.7. The number of aliphatic imine (C=N–C) groups is 1. The molecule has 0 aliphatic heterocycles. The summed E-state index contributed by atoms with van der Waals surface area (Å²) in [6, 6.07) is 8.16. The average molecular weight is 316 g/mol. The van der Waals surface area contributed by atoms with Crippen LogP contribution in [0.25, 0.3) is 11.4 Å². The fourth-order valence-electron chi connectivity index (χ4n) is 2.10. The summed E-state index contributed by atoms with van der Waals surface area (Å²) in [4.78, 5) is 8.39. The summed E-state index contributed by atoms with van der Waals surface area (Å²) in [7, 11) is 1.77. The molecule has 1 aromatic carbocycles. The van der Waals surface area contributed by atoms with Crippen molar-refractivity contribution in [3.63, 3.8) is 0 Å².